The number of urea groups is 1. The molecule has 1 aliphatic heterocycles. The van der Waals surface area contributed by atoms with Crippen LogP contribution in [0.25, 0.3) is 0 Å². The van der Waals surface area contributed by atoms with E-state index in [2.05, 4.69) is 22.8 Å². The Morgan fingerprint density at radius 1 is 1.22 bits per heavy atom. The van der Waals surface area contributed by atoms with Gasteiger partial charge in [-0.15, -0.1) is 0 Å². The first-order valence-electron chi connectivity index (χ1n) is 8.62. The zero-order valence-electron chi connectivity index (χ0n) is 13.3. The van der Waals surface area contributed by atoms with E-state index in [1.54, 1.807) is 0 Å². The molecule has 2 aliphatic carbocycles. The number of carbonyl (C=O) groups is 2. The van der Waals surface area contributed by atoms with E-state index < -0.39 is 0 Å². The number of aryl methyl sites for hydroxylation is 1. The van der Waals surface area contributed by atoms with Gasteiger partial charge >= 0.3 is 6.03 Å². The van der Waals surface area contributed by atoms with E-state index >= 15 is 0 Å². The molecule has 0 unspecified atom stereocenters. The van der Waals surface area contributed by atoms with E-state index in [0.29, 0.717) is 19.0 Å². The molecule has 1 heterocycles. The van der Waals surface area contributed by atoms with E-state index in [4.69, 9.17) is 0 Å². The van der Waals surface area contributed by atoms with E-state index in [1.807, 2.05) is 17.0 Å². The summed E-state index contributed by atoms with van der Waals surface area (Å²) in [7, 11) is 0. The summed E-state index contributed by atoms with van der Waals surface area (Å²) < 4.78 is 0. The summed E-state index contributed by atoms with van der Waals surface area (Å²) in [4.78, 5) is 26.1. The number of benzene rings is 1. The molecule has 0 aromatic heterocycles. The Morgan fingerprint density at radius 2 is 2.04 bits per heavy atom. The van der Waals surface area contributed by atoms with Crippen LogP contribution in [-0.4, -0.2) is 36.0 Å². The van der Waals surface area contributed by atoms with E-state index in [9.17, 15) is 9.59 Å². The molecule has 0 spiro atoms. The second-order valence-corrected chi connectivity index (χ2v) is 6.99. The number of carbonyl (C=O) groups excluding carboxylic acids is 2. The zero-order chi connectivity index (χ0) is 15.8. The molecule has 5 heteroatoms. The third-order valence-corrected chi connectivity index (χ3v) is 5.22. The van der Waals surface area contributed by atoms with Gasteiger partial charge in [0.05, 0.1) is 6.04 Å². The molecule has 5 nitrogen and oxygen atoms in total. The molecule has 4 rings (SSSR count). The molecule has 2 fully saturated rings. The topological polar surface area (TPSA) is 61.4 Å². The Hall–Kier alpha value is -2.04. The SMILES string of the molecule is O=C(NC[C@@H]1CC(=O)N(C2CC2)C1)N[C@@H]1CCc2ccccc21. The van der Waals surface area contributed by atoms with Gasteiger partial charge in [0.2, 0.25) is 5.91 Å². The molecular formula is C18H23N3O2. The van der Waals surface area contributed by atoms with Crippen LogP contribution in [0.3, 0.4) is 0 Å². The van der Waals surface area contributed by atoms with Crippen molar-refractivity contribution in [2.75, 3.05) is 13.1 Å². The number of nitrogens with one attached hydrogen (secondary N) is 2. The standard InChI is InChI=1S/C18H23N3O2/c22-17-9-12(11-21(17)14-6-7-14)10-19-18(23)20-16-8-5-13-3-1-2-4-15(13)16/h1-4,12,14,16H,5-11H2,(H2,19,20,23)/t12-,16+/m0/s1. The number of fused-ring (bicyclic) bond motifs is 1. The summed E-state index contributed by atoms with van der Waals surface area (Å²) in [6.07, 6.45) is 4.85. The van der Waals surface area contributed by atoms with Crippen molar-refractivity contribution < 1.29 is 9.59 Å². The van der Waals surface area contributed by atoms with Gasteiger partial charge in [-0.1, -0.05) is 24.3 Å². The van der Waals surface area contributed by atoms with Crippen molar-refractivity contribution in [1.29, 1.82) is 0 Å². The van der Waals surface area contributed by atoms with Gasteiger partial charge in [0, 0.05) is 31.5 Å². The minimum atomic E-state index is -0.121. The first-order valence-corrected chi connectivity index (χ1v) is 8.62. The lowest BCUT2D eigenvalue weighted by Gasteiger charge is -2.17. The maximum atomic E-state index is 12.2. The number of amides is 3. The molecular weight excluding hydrogens is 290 g/mol. The van der Waals surface area contributed by atoms with Crippen molar-refractivity contribution in [2.24, 2.45) is 5.92 Å². The van der Waals surface area contributed by atoms with Gasteiger partial charge in [-0.3, -0.25) is 4.79 Å². The first kappa shape index (κ1) is 14.5. The Morgan fingerprint density at radius 3 is 2.87 bits per heavy atom. The summed E-state index contributed by atoms with van der Waals surface area (Å²) in [5, 5.41) is 6.02. The fourth-order valence-electron chi connectivity index (χ4n) is 3.84. The number of hydrogen-bond donors (Lipinski definition) is 2. The van der Waals surface area contributed by atoms with Crippen molar-refractivity contribution in [1.82, 2.24) is 15.5 Å². The van der Waals surface area contributed by atoms with Crippen LogP contribution in [0, 0.1) is 5.92 Å². The van der Waals surface area contributed by atoms with E-state index in [1.165, 1.54) is 11.1 Å². The number of rotatable bonds is 4. The van der Waals surface area contributed by atoms with Crippen molar-refractivity contribution >= 4 is 11.9 Å². The highest BCUT2D eigenvalue weighted by Crippen LogP contribution is 2.32. The van der Waals surface area contributed by atoms with Crippen molar-refractivity contribution in [2.45, 2.75) is 44.2 Å². The fourth-order valence-corrected chi connectivity index (χ4v) is 3.84. The van der Waals surface area contributed by atoms with Gasteiger partial charge in [-0.25, -0.2) is 4.79 Å². The molecule has 2 N–H and O–H groups in total. The molecule has 0 bridgehead atoms. The summed E-state index contributed by atoms with van der Waals surface area (Å²) in [6, 6.07) is 8.76. The summed E-state index contributed by atoms with van der Waals surface area (Å²) in [5.41, 5.74) is 2.57. The Kier molecular flexibility index (Phi) is 3.71. The monoisotopic (exact) mass is 313 g/mol. The third kappa shape index (κ3) is 3.05. The third-order valence-electron chi connectivity index (χ3n) is 5.22. The molecule has 122 valence electrons. The molecule has 3 amide bonds. The molecule has 3 aliphatic rings. The van der Waals surface area contributed by atoms with Crippen LogP contribution in [0.5, 0.6) is 0 Å². The first-order chi connectivity index (χ1) is 11.2. The predicted octanol–water partition coefficient (Wildman–Crippen LogP) is 1.98. The Labute approximate surface area is 136 Å². The van der Waals surface area contributed by atoms with Crippen LogP contribution < -0.4 is 10.6 Å². The second kappa shape index (κ2) is 5.87. The minimum absolute atomic E-state index is 0.111. The van der Waals surface area contributed by atoms with Gasteiger partial charge in [0.15, 0.2) is 0 Å². The van der Waals surface area contributed by atoms with Crippen LogP contribution in [0.4, 0.5) is 4.79 Å². The molecule has 0 radical (unpaired) electrons. The quantitative estimate of drug-likeness (QED) is 0.893. The highest BCUT2D eigenvalue weighted by Gasteiger charge is 2.39. The number of likely N-dealkylation sites (tertiary alicyclic amines) is 1. The van der Waals surface area contributed by atoms with Crippen LogP contribution in [0.2, 0.25) is 0 Å². The molecule has 23 heavy (non-hydrogen) atoms. The highest BCUT2D eigenvalue weighted by atomic mass is 16.2. The zero-order valence-corrected chi connectivity index (χ0v) is 13.3. The molecule has 1 saturated carbocycles. The molecule has 1 saturated heterocycles. The number of hydrogen-bond acceptors (Lipinski definition) is 2. The number of nitrogens with zero attached hydrogens (tertiary/aromatic N) is 1. The van der Waals surface area contributed by atoms with Gasteiger partial charge in [0.25, 0.3) is 0 Å². The van der Waals surface area contributed by atoms with Crippen LogP contribution in [0.1, 0.15) is 42.9 Å². The molecule has 1 aromatic rings. The lowest BCUT2D eigenvalue weighted by Crippen LogP contribution is -2.40. The van der Waals surface area contributed by atoms with E-state index in [-0.39, 0.29) is 23.9 Å². The van der Waals surface area contributed by atoms with Gasteiger partial charge in [-0.2, -0.15) is 0 Å². The van der Waals surface area contributed by atoms with Gasteiger partial charge in [-0.05, 0) is 36.8 Å². The largest absolute Gasteiger partial charge is 0.339 e. The normalized spacial score (nSPS) is 26.3. The van der Waals surface area contributed by atoms with Crippen LogP contribution in [0.15, 0.2) is 24.3 Å². The average molecular weight is 313 g/mol. The van der Waals surface area contributed by atoms with Crippen LogP contribution in [-0.2, 0) is 11.2 Å². The fraction of sp³-hybridized carbons (Fsp3) is 0.556. The summed E-state index contributed by atoms with van der Waals surface area (Å²) in [6.45, 7) is 1.38. The molecule has 2 atom stereocenters. The van der Waals surface area contributed by atoms with Gasteiger partial charge in [0.1, 0.15) is 0 Å². The average Bonchev–Trinajstić information content (AvgIpc) is 3.22. The maximum absolute atomic E-state index is 12.2. The van der Waals surface area contributed by atoms with Crippen molar-refractivity contribution in [3.8, 4) is 0 Å². The maximum Gasteiger partial charge on any atom is 0.315 e. The van der Waals surface area contributed by atoms with Crippen molar-refractivity contribution in [3.05, 3.63) is 35.4 Å². The molecule has 1 aromatic carbocycles. The Bertz CT molecular complexity index is 626. The minimum Gasteiger partial charge on any atom is -0.339 e. The smallest absolute Gasteiger partial charge is 0.315 e. The Balaban J connectivity index is 1.26. The second-order valence-electron chi connectivity index (χ2n) is 6.99. The van der Waals surface area contributed by atoms with Crippen LogP contribution >= 0.6 is 0 Å². The predicted molar refractivity (Wildman–Crippen MR) is 86.9 cm³/mol. The van der Waals surface area contributed by atoms with E-state index in [0.717, 1.165) is 32.2 Å². The highest BCUT2D eigenvalue weighted by molar-refractivity contribution is 5.79. The van der Waals surface area contributed by atoms with Crippen molar-refractivity contribution in [3.63, 3.8) is 0 Å². The lowest BCUT2D eigenvalue weighted by atomic mass is 10.1. The summed E-state index contributed by atoms with van der Waals surface area (Å²) in [5.74, 6) is 0.508. The lowest BCUT2D eigenvalue weighted by molar-refractivity contribution is -0.128. The van der Waals surface area contributed by atoms with Gasteiger partial charge < -0.3 is 15.5 Å². The summed E-state index contributed by atoms with van der Waals surface area (Å²) >= 11 is 0.